The van der Waals surface area contributed by atoms with Gasteiger partial charge in [0.05, 0.1) is 0 Å². The van der Waals surface area contributed by atoms with E-state index in [1.165, 1.54) is 6.07 Å². The van der Waals surface area contributed by atoms with E-state index in [1.807, 2.05) is 23.8 Å². The number of benzene rings is 1. The lowest BCUT2D eigenvalue weighted by Crippen LogP contribution is -2.46. The Morgan fingerprint density at radius 3 is 2.74 bits per heavy atom. The average Bonchev–Trinajstić information content (AvgIpc) is 3.16. The molecule has 27 heavy (non-hydrogen) atoms. The molecule has 146 valence electrons. The molecular weight excluding hydrogens is 345 g/mol. The molecule has 2 heterocycles. The predicted octanol–water partition coefficient (Wildman–Crippen LogP) is 3.57. The lowest BCUT2D eigenvalue weighted by atomic mass is 9.74. The summed E-state index contributed by atoms with van der Waals surface area (Å²) in [5.74, 6) is 0.822. The van der Waals surface area contributed by atoms with Crippen LogP contribution in [-0.4, -0.2) is 35.2 Å². The number of carbonyl (C=O) groups is 1. The van der Waals surface area contributed by atoms with E-state index >= 15 is 0 Å². The van der Waals surface area contributed by atoms with Crippen LogP contribution in [0.5, 0.6) is 0 Å². The van der Waals surface area contributed by atoms with Crippen molar-refractivity contribution in [3.05, 3.63) is 53.9 Å². The molecule has 1 amide bonds. The Hall–Kier alpha value is -2.21. The van der Waals surface area contributed by atoms with Gasteiger partial charge in [-0.2, -0.15) is 0 Å². The number of hydrogen-bond donors (Lipinski definition) is 1. The number of hydrogen-bond acceptors (Lipinski definition) is 3. The number of imidazole rings is 1. The van der Waals surface area contributed by atoms with Crippen LogP contribution in [0, 0.1) is 5.82 Å². The van der Waals surface area contributed by atoms with Crippen molar-refractivity contribution in [2.24, 2.45) is 0 Å². The van der Waals surface area contributed by atoms with Crippen molar-refractivity contribution in [1.82, 2.24) is 14.9 Å². The molecule has 0 spiro atoms. The Balaban J connectivity index is 1.75. The molecule has 0 radical (unpaired) electrons. The van der Waals surface area contributed by atoms with Crippen molar-refractivity contribution in [2.75, 3.05) is 19.8 Å². The molecule has 1 atom stereocenters. The monoisotopic (exact) mass is 373 g/mol. The number of nitrogens with one attached hydrogen (secondary N) is 1. The topological polar surface area (TPSA) is 56.2 Å². The first-order chi connectivity index (χ1) is 12.9. The van der Waals surface area contributed by atoms with E-state index in [1.54, 1.807) is 18.3 Å². The maximum Gasteiger partial charge on any atom is 0.242 e. The molecule has 0 unspecified atom stereocenters. The van der Waals surface area contributed by atoms with Crippen molar-refractivity contribution in [3.63, 3.8) is 0 Å². The highest BCUT2D eigenvalue weighted by molar-refractivity contribution is 5.80. The molecule has 0 aliphatic carbocycles. The zero-order chi connectivity index (χ0) is 19.4. The third-order valence-electron chi connectivity index (χ3n) is 5.50. The number of aromatic nitrogens is 2. The van der Waals surface area contributed by atoms with Gasteiger partial charge in [-0.3, -0.25) is 4.79 Å². The van der Waals surface area contributed by atoms with Crippen LogP contribution in [0.1, 0.15) is 57.0 Å². The smallest absolute Gasteiger partial charge is 0.242 e. The number of halogens is 1. The molecule has 1 aromatic carbocycles. The van der Waals surface area contributed by atoms with Crippen molar-refractivity contribution >= 4 is 5.91 Å². The number of rotatable bonds is 6. The minimum atomic E-state index is -0.352. The summed E-state index contributed by atoms with van der Waals surface area (Å²) in [6.07, 6.45) is 5.09. The van der Waals surface area contributed by atoms with Crippen molar-refractivity contribution in [3.8, 4) is 0 Å². The molecule has 1 aliphatic rings. The van der Waals surface area contributed by atoms with Crippen LogP contribution in [0.25, 0.3) is 0 Å². The summed E-state index contributed by atoms with van der Waals surface area (Å²) in [4.78, 5) is 17.2. The zero-order valence-electron chi connectivity index (χ0n) is 16.2. The zero-order valence-corrected chi connectivity index (χ0v) is 16.2. The fraction of sp³-hybridized carbons (Fsp3) is 0.524. The van der Waals surface area contributed by atoms with Crippen molar-refractivity contribution in [2.45, 2.75) is 51.0 Å². The summed E-state index contributed by atoms with van der Waals surface area (Å²) < 4.78 is 21.2. The lowest BCUT2D eigenvalue weighted by molar-refractivity contribution is -0.124. The summed E-state index contributed by atoms with van der Waals surface area (Å²) in [5.41, 5.74) is 0.621. The Bertz CT molecular complexity index is 781. The van der Waals surface area contributed by atoms with Gasteiger partial charge in [0, 0.05) is 43.5 Å². The first kappa shape index (κ1) is 19.5. The van der Waals surface area contributed by atoms with E-state index in [-0.39, 0.29) is 29.1 Å². The molecule has 3 rings (SSSR count). The molecular formula is C21H28FN3O2. The number of nitrogens with zero attached hydrogens (tertiary/aromatic N) is 2. The van der Waals surface area contributed by atoms with Crippen LogP contribution >= 0.6 is 0 Å². The second-order valence-corrected chi connectivity index (χ2v) is 7.64. The quantitative estimate of drug-likeness (QED) is 0.842. The third kappa shape index (κ3) is 4.21. The molecule has 2 aromatic rings. The normalized spacial score (nSPS) is 17.7. The van der Waals surface area contributed by atoms with E-state index in [9.17, 15) is 9.18 Å². The number of carbonyl (C=O) groups excluding carboxylic acids is 1. The molecule has 1 aliphatic heterocycles. The van der Waals surface area contributed by atoms with Crippen LogP contribution in [0.2, 0.25) is 0 Å². The fourth-order valence-electron chi connectivity index (χ4n) is 3.78. The lowest BCUT2D eigenvalue weighted by Gasteiger charge is -2.38. The summed E-state index contributed by atoms with van der Waals surface area (Å²) in [6.45, 7) is 7.69. The van der Waals surface area contributed by atoms with Gasteiger partial charge in [-0.1, -0.05) is 26.0 Å². The van der Waals surface area contributed by atoms with Crippen LogP contribution < -0.4 is 5.32 Å². The van der Waals surface area contributed by atoms with E-state index in [0.717, 1.165) is 24.2 Å². The Labute approximate surface area is 159 Å². The second-order valence-electron chi connectivity index (χ2n) is 7.64. The van der Waals surface area contributed by atoms with Gasteiger partial charge in [-0.15, -0.1) is 0 Å². The van der Waals surface area contributed by atoms with Crippen LogP contribution in [-0.2, 0) is 14.9 Å². The minimum absolute atomic E-state index is 0.0582. The summed E-state index contributed by atoms with van der Waals surface area (Å²) in [6, 6.07) is 6.34. The van der Waals surface area contributed by atoms with E-state index in [2.05, 4.69) is 24.1 Å². The van der Waals surface area contributed by atoms with Crippen molar-refractivity contribution in [1.29, 1.82) is 0 Å². The molecule has 0 saturated carbocycles. The van der Waals surface area contributed by atoms with E-state index in [0.29, 0.717) is 19.8 Å². The average molecular weight is 373 g/mol. The Kier molecular flexibility index (Phi) is 5.95. The van der Waals surface area contributed by atoms with Crippen LogP contribution in [0.15, 0.2) is 36.7 Å². The van der Waals surface area contributed by atoms with Crippen LogP contribution in [0.3, 0.4) is 0 Å². The number of ether oxygens (including phenoxy) is 1. The molecule has 5 nitrogen and oxygen atoms in total. The molecule has 1 fully saturated rings. The summed E-state index contributed by atoms with van der Waals surface area (Å²) >= 11 is 0. The maximum absolute atomic E-state index is 13.8. The second kappa shape index (κ2) is 8.21. The molecule has 1 aromatic heterocycles. The van der Waals surface area contributed by atoms with E-state index in [4.69, 9.17) is 4.74 Å². The van der Waals surface area contributed by atoms with Crippen LogP contribution in [0.4, 0.5) is 4.39 Å². The van der Waals surface area contributed by atoms with Gasteiger partial charge in [0.2, 0.25) is 5.91 Å². The molecule has 6 heteroatoms. The SMILES string of the molecule is CC(C)c1nccn1[C@@H](C)C(=O)NCC1(c2cccc(F)c2)CCOCC1. The van der Waals surface area contributed by atoms with Gasteiger partial charge in [0.25, 0.3) is 0 Å². The minimum Gasteiger partial charge on any atom is -0.381 e. The van der Waals surface area contributed by atoms with Gasteiger partial charge >= 0.3 is 0 Å². The molecule has 1 saturated heterocycles. The Morgan fingerprint density at radius 2 is 2.07 bits per heavy atom. The summed E-state index contributed by atoms with van der Waals surface area (Å²) in [7, 11) is 0. The first-order valence-electron chi connectivity index (χ1n) is 9.57. The Morgan fingerprint density at radius 1 is 1.33 bits per heavy atom. The highest BCUT2D eigenvalue weighted by Crippen LogP contribution is 2.34. The van der Waals surface area contributed by atoms with Gasteiger partial charge < -0.3 is 14.6 Å². The highest BCUT2D eigenvalue weighted by Gasteiger charge is 2.35. The summed E-state index contributed by atoms with van der Waals surface area (Å²) in [5, 5.41) is 3.10. The fourth-order valence-corrected chi connectivity index (χ4v) is 3.78. The third-order valence-corrected chi connectivity index (χ3v) is 5.50. The van der Waals surface area contributed by atoms with Crippen molar-refractivity contribution < 1.29 is 13.9 Å². The molecule has 0 bridgehead atoms. The van der Waals surface area contributed by atoms with Gasteiger partial charge in [0.15, 0.2) is 0 Å². The van der Waals surface area contributed by atoms with Gasteiger partial charge in [-0.25, -0.2) is 9.37 Å². The van der Waals surface area contributed by atoms with E-state index < -0.39 is 0 Å². The molecule has 1 N–H and O–H groups in total. The van der Waals surface area contributed by atoms with Gasteiger partial charge in [0.1, 0.15) is 17.7 Å². The first-order valence-corrected chi connectivity index (χ1v) is 9.57. The maximum atomic E-state index is 13.8. The largest absolute Gasteiger partial charge is 0.381 e. The highest BCUT2D eigenvalue weighted by atomic mass is 19.1. The van der Waals surface area contributed by atoms with Gasteiger partial charge in [-0.05, 0) is 37.5 Å². The predicted molar refractivity (Wildman–Crippen MR) is 102 cm³/mol. The number of amides is 1. The standard InChI is InChI=1S/C21H28FN3O2/c1-15(2)19-23-9-10-25(19)16(3)20(26)24-14-21(7-11-27-12-8-21)17-5-4-6-18(22)13-17/h4-6,9-10,13,15-16H,7-8,11-12,14H2,1-3H3,(H,24,26)/t16-/m0/s1.